The van der Waals surface area contributed by atoms with Crippen molar-refractivity contribution in [2.45, 2.75) is 85.0 Å². The molecule has 0 fully saturated rings. The molecule has 1 aromatic carbocycles. The van der Waals surface area contributed by atoms with Crippen LogP contribution in [0.25, 0.3) is 0 Å². The minimum absolute atomic E-state index is 0.0386. The van der Waals surface area contributed by atoms with Crippen LogP contribution in [0.1, 0.15) is 85.0 Å². The molecular weight excluding hydrogens is 346 g/mol. The molecule has 0 N–H and O–H groups in total. The summed E-state index contributed by atoms with van der Waals surface area (Å²) in [6, 6.07) is 2.82. The van der Waals surface area contributed by atoms with Crippen LogP contribution in [0, 0.1) is 23.5 Å². The third kappa shape index (κ3) is 8.94. The van der Waals surface area contributed by atoms with E-state index in [0.717, 1.165) is 24.7 Å². The Morgan fingerprint density at radius 1 is 0.815 bits per heavy atom. The molecule has 27 heavy (non-hydrogen) atoms. The van der Waals surface area contributed by atoms with E-state index < -0.39 is 11.6 Å². The van der Waals surface area contributed by atoms with Gasteiger partial charge in [-0.1, -0.05) is 72.1 Å². The molecule has 1 aromatic rings. The van der Waals surface area contributed by atoms with Crippen LogP contribution in [-0.2, 0) is 0 Å². The van der Waals surface area contributed by atoms with Gasteiger partial charge in [-0.3, -0.25) is 0 Å². The summed E-state index contributed by atoms with van der Waals surface area (Å²) >= 11 is 0. The molecule has 156 valence electrons. The number of benzene rings is 1. The van der Waals surface area contributed by atoms with Crippen molar-refractivity contribution in [3.05, 3.63) is 23.8 Å². The van der Waals surface area contributed by atoms with E-state index in [4.69, 9.17) is 9.47 Å². The minimum atomic E-state index is -0.990. The van der Waals surface area contributed by atoms with E-state index in [1.54, 1.807) is 0 Å². The number of unbranched alkanes of at least 4 members (excludes halogenated alkanes) is 1. The Labute approximate surface area is 164 Å². The summed E-state index contributed by atoms with van der Waals surface area (Å²) in [6.07, 6.45) is 12.2. The molecule has 0 spiro atoms. The van der Waals surface area contributed by atoms with Gasteiger partial charge in [-0.2, -0.15) is 8.78 Å². The first-order valence-corrected chi connectivity index (χ1v) is 10.7. The molecule has 0 aliphatic carbocycles. The van der Waals surface area contributed by atoms with E-state index in [0.29, 0.717) is 6.61 Å². The number of ether oxygens (including phenoxy) is 2. The van der Waals surface area contributed by atoms with E-state index >= 15 is 0 Å². The van der Waals surface area contributed by atoms with Crippen molar-refractivity contribution in [1.29, 1.82) is 0 Å². The maximum absolute atomic E-state index is 13.9. The zero-order valence-electron chi connectivity index (χ0n) is 17.7. The lowest BCUT2D eigenvalue weighted by atomic mass is 9.89. The highest BCUT2D eigenvalue weighted by Gasteiger charge is 2.15. The molecule has 4 heteroatoms. The summed E-state index contributed by atoms with van der Waals surface area (Å²) in [5, 5.41) is 0. The topological polar surface area (TPSA) is 18.5 Å². The fourth-order valence-corrected chi connectivity index (χ4v) is 3.73. The molecule has 2 unspecified atom stereocenters. The third-order valence-corrected chi connectivity index (χ3v) is 5.28. The van der Waals surface area contributed by atoms with Crippen molar-refractivity contribution in [3.8, 4) is 11.5 Å². The average molecular weight is 385 g/mol. The molecule has 0 aliphatic heterocycles. The van der Waals surface area contributed by atoms with Crippen molar-refractivity contribution < 1.29 is 18.3 Å². The Bertz CT molecular complexity index is 519. The van der Waals surface area contributed by atoms with E-state index in [2.05, 4.69) is 20.8 Å². The lowest BCUT2D eigenvalue weighted by molar-refractivity contribution is 0.273. The fourth-order valence-electron chi connectivity index (χ4n) is 3.73. The molecule has 0 aliphatic rings. The quantitative estimate of drug-likeness (QED) is 0.291. The first kappa shape index (κ1) is 23.7. The van der Waals surface area contributed by atoms with Crippen LogP contribution in [0.4, 0.5) is 8.78 Å². The van der Waals surface area contributed by atoms with Gasteiger partial charge in [0.15, 0.2) is 11.5 Å². The van der Waals surface area contributed by atoms with Crippen LogP contribution in [0.3, 0.4) is 0 Å². The van der Waals surface area contributed by atoms with E-state index in [1.165, 1.54) is 70.6 Å². The molecule has 2 nitrogen and oxygen atoms in total. The van der Waals surface area contributed by atoms with Gasteiger partial charge in [0.05, 0.1) is 13.7 Å². The largest absolute Gasteiger partial charge is 0.494 e. The van der Waals surface area contributed by atoms with Crippen LogP contribution in [-0.4, -0.2) is 13.7 Å². The van der Waals surface area contributed by atoms with E-state index in [-0.39, 0.29) is 11.5 Å². The maximum atomic E-state index is 13.9. The molecule has 0 saturated carbocycles. The smallest absolute Gasteiger partial charge is 0.204 e. The number of hydrogen-bond donors (Lipinski definition) is 0. The molecule has 1 rings (SSSR count). The first-order valence-electron chi connectivity index (χ1n) is 10.7. The Balaban J connectivity index is 2.28. The third-order valence-electron chi connectivity index (χ3n) is 5.28. The molecular formula is C23H38F2O2. The van der Waals surface area contributed by atoms with Gasteiger partial charge in [0.2, 0.25) is 11.6 Å². The first-order chi connectivity index (χ1) is 13.0. The Morgan fingerprint density at radius 3 is 2.11 bits per heavy atom. The number of hydrogen-bond acceptors (Lipinski definition) is 2. The predicted molar refractivity (Wildman–Crippen MR) is 109 cm³/mol. The van der Waals surface area contributed by atoms with Crippen molar-refractivity contribution in [2.75, 3.05) is 13.7 Å². The Morgan fingerprint density at radius 2 is 1.44 bits per heavy atom. The number of rotatable bonds is 15. The fraction of sp³-hybridized carbons (Fsp3) is 0.739. The van der Waals surface area contributed by atoms with E-state index in [1.807, 2.05) is 0 Å². The second-order valence-corrected chi connectivity index (χ2v) is 7.72. The molecule has 0 amide bonds. The SMILES string of the molecule is CCCC(C)CCCC(CCC)CCCCOc1ccc(OC)c(F)c1F. The number of methoxy groups -OCH3 is 1. The second kappa shape index (κ2) is 13.8. The van der Waals surface area contributed by atoms with Crippen molar-refractivity contribution >= 4 is 0 Å². The average Bonchev–Trinajstić information content (AvgIpc) is 2.65. The van der Waals surface area contributed by atoms with Gasteiger partial charge in [-0.25, -0.2) is 0 Å². The molecule has 0 radical (unpaired) electrons. The molecule has 0 bridgehead atoms. The second-order valence-electron chi connectivity index (χ2n) is 7.72. The highest BCUT2D eigenvalue weighted by atomic mass is 19.2. The lowest BCUT2D eigenvalue weighted by Crippen LogP contribution is -2.05. The molecule has 0 aromatic heterocycles. The molecule has 2 atom stereocenters. The monoisotopic (exact) mass is 384 g/mol. The summed E-state index contributed by atoms with van der Waals surface area (Å²) in [5.41, 5.74) is 0. The zero-order chi connectivity index (χ0) is 20.1. The van der Waals surface area contributed by atoms with E-state index in [9.17, 15) is 8.78 Å². The minimum Gasteiger partial charge on any atom is -0.494 e. The summed E-state index contributed by atoms with van der Waals surface area (Å²) < 4.78 is 37.7. The Kier molecular flexibility index (Phi) is 12.1. The van der Waals surface area contributed by atoms with Gasteiger partial charge < -0.3 is 9.47 Å². The van der Waals surface area contributed by atoms with Gasteiger partial charge in [0.1, 0.15) is 0 Å². The van der Waals surface area contributed by atoms with Crippen molar-refractivity contribution in [3.63, 3.8) is 0 Å². The predicted octanol–water partition coefficient (Wildman–Crippen LogP) is 7.55. The van der Waals surface area contributed by atoms with Gasteiger partial charge in [0, 0.05) is 0 Å². The highest BCUT2D eigenvalue weighted by molar-refractivity contribution is 5.34. The highest BCUT2D eigenvalue weighted by Crippen LogP contribution is 2.28. The summed E-state index contributed by atoms with van der Waals surface area (Å²) in [6.45, 7) is 7.27. The van der Waals surface area contributed by atoms with Gasteiger partial charge in [0.25, 0.3) is 0 Å². The summed E-state index contributed by atoms with van der Waals surface area (Å²) in [4.78, 5) is 0. The van der Waals surface area contributed by atoms with Crippen LogP contribution in [0.5, 0.6) is 11.5 Å². The maximum Gasteiger partial charge on any atom is 0.204 e. The Hall–Kier alpha value is -1.32. The van der Waals surface area contributed by atoms with Crippen LogP contribution >= 0.6 is 0 Å². The standard InChI is InChI=1S/C23H38F2O2/c1-5-10-18(3)12-9-14-19(11-6-2)13-7-8-17-27-21-16-15-20(26-4)22(24)23(21)25/h15-16,18-19H,5-14,17H2,1-4H3. The summed E-state index contributed by atoms with van der Waals surface area (Å²) in [5.74, 6) is -0.488. The number of halogens is 2. The molecule has 0 heterocycles. The van der Waals surface area contributed by atoms with Gasteiger partial charge in [-0.05, 0) is 36.8 Å². The molecule has 0 saturated heterocycles. The van der Waals surface area contributed by atoms with Crippen LogP contribution < -0.4 is 9.47 Å². The van der Waals surface area contributed by atoms with Gasteiger partial charge >= 0.3 is 0 Å². The van der Waals surface area contributed by atoms with Crippen LogP contribution in [0.2, 0.25) is 0 Å². The van der Waals surface area contributed by atoms with Gasteiger partial charge in [-0.15, -0.1) is 0 Å². The lowest BCUT2D eigenvalue weighted by Gasteiger charge is -2.17. The van der Waals surface area contributed by atoms with Crippen molar-refractivity contribution in [1.82, 2.24) is 0 Å². The summed E-state index contributed by atoms with van der Waals surface area (Å²) in [7, 11) is 1.32. The normalized spacial score (nSPS) is 13.4. The zero-order valence-corrected chi connectivity index (χ0v) is 17.7. The van der Waals surface area contributed by atoms with Crippen molar-refractivity contribution in [2.24, 2.45) is 11.8 Å². The van der Waals surface area contributed by atoms with Crippen LogP contribution in [0.15, 0.2) is 12.1 Å².